The van der Waals surface area contributed by atoms with Gasteiger partial charge in [-0.15, -0.1) is 0 Å². The summed E-state index contributed by atoms with van der Waals surface area (Å²) in [5, 5.41) is 0. The molecule has 164 valence electrons. The van der Waals surface area contributed by atoms with Crippen LogP contribution in [0.1, 0.15) is 57.8 Å². The monoisotopic (exact) mass is 427 g/mol. The van der Waals surface area contributed by atoms with E-state index in [-0.39, 0.29) is 5.78 Å². The molecule has 3 heterocycles. The number of anilines is 1. The smallest absolute Gasteiger partial charge is 0.170 e. The Morgan fingerprint density at radius 1 is 1.00 bits per heavy atom. The van der Waals surface area contributed by atoms with Crippen LogP contribution in [0.25, 0.3) is 0 Å². The predicted octanol–water partition coefficient (Wildman–Crippen LogP) is 5.00. The molecular formula is C27H29N3O2. The van der Waals surface area contributed by atoms with Crippen molar-refractivity contribution in [2.24, 2.45) is 0 Å². The van der Waals surface area contributed by atoms with Crippen molar-refractivity contribution >= 4 is 11.6 Å². The quantitative estimate of drug-likeness (QED) is 0.589. The van der Waals surface area contributed by atoms with E-state index in [1.54, 1.807) is 0 Å². The van der Waals surface area contributed by atoms with Gasteiger partial charge in [0.25, 0.3) is 0 Å². The Bertz CT molecular complexity index is 1170. The van der Waals surface area contributed by atoms with Gasteiger partial charge in [0.15, 0.2) is 5.78 Å². The number of aryl methyl sites for hydroxylation is 3. The second kappa shape index (κ2) is 8.05. The highest BCUT2D eigenvalue weighted by molar-refractivity contribution is 6.00. The second-order valence-electron chi connectivity index (χ2n) is 9.19. The van der Waals surface area contributed by atoms with Crippen molar-refractivity contribution in [2.45, 2.75) is 52.1 Å². The number of carbonyl (C=O) groups excluding carboxylic acids is 1. The predicted molar refractivity (Wildman–Crippen MR) is 126 cm³/mol. The van der Waals surface area contributed by atoms with Gasteiger partial charge in [0, 0.05) is 43.6 Å². The van der Waals surface area contributed by atoms with Gasteiger partial charge in [0.05, 0.1) is 12.0 Å². The molecule has 0 bridgehead atoms. The molecule has 3 aromatic rings. The second-order valence-corrected chi connectivity index (χ2v) is 9.19. The molecule has 0 radical (unpaired) electrons. The maximum atomic E-state index is 12.9. The molecule has 32 heavy (non-hydrogen) atoms. The van der Waals surface area contributed by atoms with Crippen molar-refractivity contribution in [1.29, 1.82) is 0 Å². The Morgan fingerprint density at radius 3 is 2.50 bits per heavy atom. The summed E-state index contributed by atoms with van der Waals surface area (Å²) in [7, 11) is 0. The van der Waals surface area contributed by atoms with Gasteiger partial charge in [-0.05, 0) is 38.5 Å². The first-order valence-electron chi connectivity index (χ1n) is 11.4. The lowest BCUT2D eigenvalue weighted by Crippen LogP contribution is -2.51. The van der Waals surface area contributed by atoms with Crippen LogP contribution in [-0.4, -0.2) is 34.4 Å². The van der Waals surface area contributed by atoms with Gasteiger partial charge in [0.1, 0.15) is 23.0 Å². The number of carbonyl (C=O) groups is 1. The third-order valence-corrected chi connectivity index (χ3v) is 6.75. The van der Waals surface area contributed by atoms with Crippen molar-refractivity contribution in [3.8, 4) is 5.75 Å². The first-order valence-corrected chi connectivity index (χ1v) is 11.4. The highest BCUT2D eigenvalue weighted by atomic mass is 16.5. The minimum atomic E-state index is -0.410. The number of aromatic nitrogens is 2. The summed E-state index contributed by atoms with van der Waals surface area (Å²) in [6, 6.07) is 16.4. The van der Waals surface area contributed by atoms with Crippen LogP contribution < -0.4 is 9.64 Å². The van der Waals surface area contributed by atoms with Crippen molar-refractivity contribution in [1.82, 2.24) is 9.97 Å². The number of fused-ring (bicyclic) bond motifs is 1. The molecule has 1 saturated heterocycles. The highest BCUT2D eigenvalue weighted by Gasteiger charge is 2.43. The zero-order valence-electron chi connectivity index (χ0n) is 19.0. The molecular weight excluding hydrogens is 398 g/mol. The average Bonchev–Trinajstić information content (AvgIpc) is 2.77. The third-order valence-electron chi connectivity index (χ3n) is 6.75. The first kappa shape index (κ1) is 20.7. The zero-order valence-corrected chi connectivity index (χ0v) is 19.0. The van der Waals surface area contributed by atoms with E-state index in [0.29, 0.717) is 6.42 Å². The normalized spacial score (nSPS) is 17.2. The van der Waals surface area contributed by atoms with E-state index in [9.17, 15) is 4.79 Å². The molecule has 0 unspecified atom stereocenters. The lowest BCUT2D eigenvalue weighted by Gasteiger charge is -2.44. The Labute approximate surface area is 189 Å². The zero-order chi connectivity index (χ0) is 22.3. The maximum Gasteiger partial charge on any atom is 0.170 e. The molecule has 1 aromatic heterocycles. The Hall–Kier alpha value is -3.21. The minimum absolute atomic E-state index is 0.196. The van der Waals surface area contributed by atoms with Crippen LogP contribution in [0.15, 0.2) is 48.5 Å². The van der Waals surface area contributed by atoms with Gasteiger partial charge >= 0.3 is 0 Å². The highest BCUT2D eigenvalue weighted by Crippen LogP contribution is 2.40. The van der Waals surface area contributed by atoms with Gasteiger partial charge in [-0.25, -0.2) is 9.97 Å². The van der Waals surface area contributed by atoms with Crippen LogP contribution >= 0.6 is 0 Å². The lowest BCUT2D eigenvalue weighted by molar-refractivity contribution is 0.0230. The summed E-state index contributed by atoms with van der Waals surface area (Å²) in [4.78, 5) is 24.7. The molecule has 5 nitrogen and oxygen atoms in total. The van der Waals surface area contributed by atoms with Gasteiger partial charge in [0.2, 0.25) is 0 Å². The molecule has 0 N–H and O–H groups in total. The summed E-state index contributed by atoms with van der Waals surface area (Å²) >= 11 is 0. The van der Waals surface area contributed by atoms with E-state index in [2.05, 4.69) is 41.1 Å². The number of rotatable bonds is 3. The van der Waals surface area contributed by atoms with Crippen LogP contribution in [0.5, 0.6) is 5.75 Å². The lowest BCUT2D eigenvalue weighted by atomic mass is 9.82. The summed E-state index contributed by atoms with van der Waals surface area (Å²) in [5.41, 5.74) is 4.87. The van der Waals surface area contributed by atoms with Crippen molar-refractivity contribution in [2.75, 3.05) is 18.0 Å². The van der Waals surface area contributed by atoms with Crippen LogP contribution in [0.3, 0.4) is 0 Å². The molecule has 5 rings (SSSR count). The Balaban J connectivity index is 1.39. The Kier molecular flexibility index (Phi) is 5.20. The fourth-order valence-corrected chi connectivity index (χ4v) is 5.00. The molecule has 0 saturated carbocycles. The number of nitrogens with zero attached hydrogens (tertiary/aromatic N) is 3. The summed E-state index contributed by atoms with van der Waals surface area (Å²) in [6.07, 6.45) is 2.87. The molecule has 2 aliphatic rings. The molecule has 0 atom stereocenters. The number of ketones is 1. The molecule has 5 heteroatoms. The maximum absolute atomic E-state index is 12.9. The summed E-state index contributed by atoms with van der Waals surface area (Å²) in [5.74, 6) is 2.75. The van der Waals surface area contributed by atoms with E-state index < -0.39 is 5.60 Å². The topological polar surface area (TPSA) is 55.3 Å². The van der Waals surface area contributed by atoms with E-state index in [1.807, 2.05) is 38.1 Å². The standard InChI is InChI=1S/C27H29N3O2/c1-18-9-10-25-23(15-18)24(31)17-27(32-25)11-13-30(14-12-27)26-22(19(2)28-20(3)29-26)16-21-7-5-4-6-8-21/h4-10,15H,11-14,16-17H2,1-3H3. The van der Waals surface area contributed by atoms with Crippen LogP contribution in [0.4, 0.5) is 5.82 Å². The van der Waals surface area contributed by atoms with Crippen LogP contribution in [-0.2, 0) is 6.42 Å². The van der Waals surface area contributed by atoms with Crippen molar-refractivity contribution in [3.63, 3.8) is 0 Å². The van der Waals surface area contributed by atoms with Crippen molar-refractivity contribution < 1.29 is 9.53 Å². The minimum Gasteiger partial charge on any atom is -0.486 e. The summed E-state index contributed by atoms with van der Waals surface area (Å²) < 4.78 is 6.46. The Morgan fingerprint density at radius 2 is 1.75 bits per heavy atom. The van der Waals surface area contributed by atoms with E-state index >= 15 is 0 Å². The average molecular weight is 428 g/mol. The fourth-order valence-electron chi connectivity index (χ4n) is 5.00. The van der Waals surface area contributed by atoms with Gasteiger partial charge < -0.3 is 9.64 Å². The number of hydrogen-bond acceptors (Lipinski definition) is 5. The van der Waals surface area contributed by atoms with Gasteiger partial charge in [-0.3, -0.25) is 4.79 Å². The summed E-state index contributed by atoms with van der Waals surface area (Å²) in [6.45, 7) is 7.66. The van der Waals surface area contributed by atoms with Gasteiger partial charge in [-0.2, -0.15) is 0 Å². The molecule has 2 aromatic carbocycles. The van der Waals surface area contributed by atoms with Crippen LogP contribution in [0, 0.1) is 20.8 Å². The van der Waals surface area contributed by atoms with E-state index in [1.165, 1.54) is 11.1 Å². The largest absolute Gasteiger partial charge is 0.486 e. The molecule has 0 amide bonds. The van der Waals surface area contributed by atoms with E-state index in [0.717, 1.165) is 66.6 Å². The SMILES string of the molecule is Cc1ccc2c(c1)C(=O)CC1(CCN(c3nc(C)nc(C)c3Cc3ccccc3)CC1)O2. The molecule has 2 aliphatic heterocycles. The van der Waals surface area contributed by atoms with Crippen LogP contribution in [0.2, 0.25) is 0 Å². The van der Waals surface area contributed by atoms with Gasteiger partial charge in [-0.1, -0.05) is 42.0 Å². The third kappa shape index (κ3) is 3.88. The fraction of sp³-hybridized carbons (Fsp3) is 0.370. The molecule has 1 fully saturated rings. The van der Waals surface area contributed by atoms with E-state index in [4.69, 9.17) is 9.72 Å². The number of piperidine rings is 1. The number of Topliss-reactive ketones (excluding diaryl/α,β-unsaturated/α-hetero) is 1. The number of ether oxygens (including phenoxy) is 1. The van der Waals surface area contributed by atoms with Crippen molar-refractivity contribution in [3.05, 3.63) is 82.3 Å². The first-order chi connectivity index (χ1) is 15.4. The molecule has 0 aliphatic carbocycles. The number of benzene rings is 2. The number of hydrogen-bond donors (Lipinski definition) is 0. The molecule has 1 spiro atoms.